The van der Waals surface area contributed by atoms with E-state index in [2.05, 4.69) is 0 Å². The van der Waals surface area contributed by atoms with E-state index in [1.807, 2.05) is 0 Å². The third kappa shape index (κ3) is 4.39. The molecule has 0 aromatic rings. The van der Waals surface area contributed by atoms with Crippen LogP contribution >= 0.6 is 0 Å². The first kappa shape index (κ1) is 23.9. The standard InChI is InChI=1S/C3H2F6O4S2.2Na/c4-1(5,2(6,7)14(10)11)3(8,9)15(12)13;;/h(H,10,11)(H,12,13);;/q;2*+1/p-2. The van der Waals surface area contributed by atoms with Crippen LogP contribution in [-0.4, -0.2) is 34.0 Å². The monoisotopic (exact) mass is 324 g/mol. The van der Waals surface area contributed by atoms with Gasteiger partial charge in [-0.25, -0.2) is 0 Å². The maximum atomic E-state index is 12.2. The van der Waals surface area contributed by atoms with E-state index in [1.54, 1.807) is 0 Å². The summed E-state index contributed by atoms with van der Waals surface area (Å²) in [5.74, 6) is -6.56. The topological polar surface area (TPSA) is 80.3 Å². The Bertz CT molecular complexity index is 284. The van der Waals surface area contributed by atoms with Gasteiger partial charge in [-0.1, -0.05) is 0 Å². The molecule has 17 heavy (non-hydrogen) atoms. The summed E-state index contributed by atoms with van der Waals surface area (Å²) in [7, 11) is 0. The summed E-state index contributed by atoms with van der Waals surface area (Å²) in [6.45, 7) is 0. The van der Waals surface area contributed by atoms with Crippen molar-refractivity contribution in [2.24, 2.45) is 0 Å². The SMILES string of the molecule is O=S([O-])C(F)(F)C(F)(F)C(F)(F)S(=O)[O-].[Na+].[Na+]. The van der Waals surface area contributed by atoms with E-state index in [1.165, 1.54) is 0 Å². The average Bonchev–Trinajstić information content (AvgIpc) is 2.02. The molecule has 0 saturated heterocycles. The van der Waals surface area contributed by atoms with Crippen molar-refractivity contribution in [3.8, 4) is 0 Å². The third-order valence-corrected chi connectivity index (χ3v) is 2.50. The van der Waals surface area contributed by atoms with E-state index < -0.39 is 38.6 Å². The summed E-state index contributed by atoms with van der Waals surface area (Å²) in [4.78, 5) is 0. The van der Waals surface area contributed by atoms with E-state index in [9.17, 15) is 43.9 Å². The Morgan fingerprint density at radius 3 is 1.00 bits per heavy atom. The molecule has 0 aliphatic heterocycles. The van der Waals surface area contributed by atoms with E-state index in [0.29, 0.717) is 0 Å². The van der Waals surface area contributed by atoms with Crippen molar-refractivity contribution in [1.29, 1.82) is 0 Å². The predicted octanol–water partition coefficient (Wildman–Crippen LogP) is -5.43. The van der Waals surface area contributed by atoms with Gasteiger partial charge in [0.1, 0.15) is 0 Å². The van der Waals surface area contributed by atoms with Crippen LogP contribution in [0.25, 0.3) is 0 Å². The first-order chi connectivity index (χ1) is 6.39. The normalized spacial score (nSPS) is 16.5. The molecule has 0 spiro atoms. The zero-order valence-electron chi connectivity index (χ0n) is 8.22. The second kappa shape index (κ2) is 7.55. The van der Waals surface area contributed by atoms with Gasteiger partial charge in [0.05, 0.1) is 0 Å². The van der Waals surface area contributed by atoms with Gasteiger partial charge in [0.2, 0.25) is 0 Å². The smallest absolute Gasteiger partial charge is 0.768 e. The second-order valence-electron chi connectivity index (χ2n) is 2.08. The Morgan fingerprint density at radius 2 is 0.882 bits per heavy atom. The molecule has 0 aromatic heterocycles. The number of hydrogen-bond donors (Lipinski definition) is 0. The third-order valence-electron chi connectivity index (χ3n) is 1.15. The van der Waals surface area contributed by atoms with Crippen LogP contribution in [0.15, 0.2) is 0 Å². The molecule has 92 valence electrons. The summed E-state index contributed by atoms with van der Waals surface area (Å²) < 4.78 is 111. The minimum Gasteiger partial charge on any atom is -0.768 e. The van der Waals surface area contributed by atoms with Gasteiger partial charge in [-0.2, -0.15) is 26.3 Å². The quantitative estimate of drug-likeness (QED) is 0.294. The summed E-state index contributed by atoms with van der Waals surface area (Å²) in [5.41, 5.74) is 0. The molecular weight excluding hydrogens is 324 g/mol. The summed E-state index contributed by atoms with van der Waals surface area (Å²) in [6.07, 6.45) is 0. The van der Waals surface area contributed by atoms with E-state index in [0.717, 1.165) is 0 Å². The van der Waals surface area contributed by atoms with Crippen molar-refractivity contribution < 1.29 is 103 Å². The van der Waals surface area contributed by atoms with Gasteiger partial charge < -0.3 is 9.11 Å². The Balaban J connectivity index is -0.000000980. The second-order valence-corrected chi connectivity index (χ2v) is 4.04. The fourth-order valence-corrected chi connectivity index (χ4v) is 1.12. The molecule has 4 nitrogen and oxygen atoms in total. The predicted molar refractivity (Wildman–Crippen MR) is 32.7 cm³/mol. The van der Waals surface area contributed by atoms with Crippen LogP contribution in [0.2, 0.25) is 0 Å². The van der Waals surface area contributed by atoms with Crippen molar-refractivity contribution in [2.45, 2.75) is 16.4 Å². The van der Waals surface area contributed by atoms with E-state index >= 15 is 0 Å². The molecule has 0 radical (unpaired) electrons. The first-order valence-corrected chi connectivity index (χ1v) is 4.86. The number of alkyl halides is 6. The average molecular weight is 324 g/mol. The number of halogens is 6. The molecule has 0 rings (SSSR count). The van der Waals surface area contributed by atoms with Crippen LogP contribution in [0, 0.1) is 0 Å². The minimum atomic E-state index is -6.56. The molecule has 2 atom stereocenters. The zero-order chi connectivity index (χ0) is 12.7. The number of hydrogen-bond acceptors (Lipinski definition) is 4. The molecule has 0 aliphatic carbocycles. The Morgan fingerprint density at radius 1 is 0.706 bits per heavy atom. The van der Waals surface area contributed by atoms with Crippen LogP contribution in [0.4, 0.5) is 26.3 Å². The first-order valence-electron chi connectivity index (χ1n) is 2.71. The number of rotatable bonds is 4. The van der Waals surface area contributed by atoms with Crippen molar-refractivity contribution >= 4 is 22.2 Å². The molecule has 0 bridgehead atoms. The Kier molecular flexibility index (Phi) is 10.6. The molecule has 0 aliphatic rings. The summed E-state index contributed by atoms with van der Waals surface area (Å²) >= 11 is -9.79. The summed E-state index contributed by atoms with van der Waals surface area (Å²) in [5, 5.41) is -12.4. The van der Waals surface area contributed by atoms with E-state index in [4.69, 9.17) is 0 Å². The fourth-order valence-electron chi connectivity index (χ4n) is 0.379. The van der Waals surface area contributed by atoms with Crippen LogP contribution in [0.1, 0.15) is 0 Å². The van der Waals surface area contributed by atoms with Crippen LogP contribution in [0.5, 0.6) is 0 Å². The van der Waals surface area contributed by atoms with Gasteiger partial charge in [0.25, 0.3) is 0 Å². The van der Waals surface area contributed by atoms with Crippen LogP contribution < -0.4 is 59.1 Å². The maximum absolute atomic E-state index is 12.2. The van der Waals surface area contributed by atoms with Gasteiger partial charge in [0, 0.05) is 22.2 Å². The minimum absolute atomic E-state index is 0. The zero-order valence-corrected chi connectivity index (χ0v) is 13.9. The van der Waals surface area contributed by atoms with Crippen molar-refractivity contribution in [2.75, 3.05) is 0 Å². The largest absolute Gasteiger partial charge is 1.00 e. The van der Waals surface area contributed by atoms with Gasteiger partial charge in [-0.05, 0) is 0 Å². The molecule has 0 aromatic carbocycles. The molecule has 2 unspecified atom stereocenters. The molecular formula is C3F6Na2O4S2. The molecule has 14 heteroatoms. The van der Waals surface area contributed by atoms with Crippen molar-refractivity contribution in [3.63, 3.8) is 0 Å². The fraction of sp³-hybridized carbons (Fsp3) is 1.00. The molecule has 0 fully saturated rings. The molecule has 0 heterocycles. The van der Waals surface area contributed by atoms with Gasteiger partial charge in [-0.3, -0.25) is 8.42 Å². The Labute approximate surface area is 140 Å². The van der Waals surface area contributed by atoms with Crippen LogP contribution in [-0.2, 0) is 22.2 Å². The molecule has 0 saturated carbocycles. The van der Waals surface area contributed by atoms with Crippen LogP contribution in [0.3, 0.4) is 0 Å². The van der Waals surface area contributed by atoms with Gasteiger partial charge in [-0.15, -0.1) is 0 Å². The van der Waals surface area contributed by atoms with Crippen molar-refractivity contribution in [3.05, 3.63) is 0 Å². The summed E-state index contributed by atoms with van der Waals surface area (Å²) in [6, 6.07) is 0. The molecule has 0 N–H and O–H groups in total. The Hall–Kier alpha value is 1.80. The van der Waals surface area contributed by atoms with Gasteiger partial charge in [0.15, 0.2) is 0 Å². The van der Waals surface area contributed by atoms with Crippen molar-refractivity contribution in [1.82, 2.24) is 0 Å². The van der Waals surface area contributed by atoms with E-state index in [-0.39, 0.29) is 59.1 Å². The van der Waals surface area contributed by atoms with Gasteiger partial charge >= 0.3 is 75.5 Å². The maximum Gasteiger partial charge on any atom is 1.00 e. The molecule has 0 amide bonds.